The van der Waals surface area contributed by atoms with Crippen molar-refractivity contribution in [3.63, 3.8) is 0 Å². The van der Waals surface area contributed by atoms with Crippen molar-refractivity contribution in [2.75, 3.05) is 19.5 Å². The molecule has 76 valence electrons. The molecule has 1 saturated heterocycles. The molecule has 1 atom stereocenters. The first kappa shape index (κ1) is 14.9. The predicted octanol–water partition coefficient (Wildman–Crippen LogP) is -2.82. The summed E-state index contributed by atoms with van der Waals surface area (Å²) in [6, 6.07) is 0. The fraction of sp³-hybridized carbons (Fsp3) is 0.833. The van der Waals surface area contributed by atoms with Gasteiger partial charge in [0.15, 0.2) is 0 Å². The molecular formula is C6H11BF3KN2O. The number of primary amides is 1. The predicted molar refractivity (Wildman–Crippen MR) is 42.8 cm³/mol. The number of amides is 1. The molecule has 0 aliphatic carbocycles. The summed E-state index contributed by atoms with van der Waals surface area (Å²) in [5.41, 5.74) is 4.98. The van der Waals surface area contributed by atoms with Gasteiger partial charge < -0.3 is 23.6 Å². The van der Waals surface area contributed by atoms with Crippen LogP contribution in [0.5, 0.6) is 0 Å². The van der Waals surface area contributed by atoms with E-state index in [-0.39, 0.29) is 57.9 Å². The average Bonchev–Trinajstić information content (AvgIpc) is 2.31. The van der Waals surface area contributed by atoms with Crippen LogP contribution in [-0.4, -0.2) is 37.3 Å². The van der Waals surface area contributed by atoms with Crippen molar-refractivity contribution in [3.8, 4) is 0 Å². The van der Waals surface area contributed by atoms with E-state index in [0.29, 0.717) is 13.0 Å². The van der Waals surface area contributed by atoms with E-state index in [2.05, 4.69) is 0 Å². The van der Waals surface area contributed by atoms with E-state index >= 15 is 0 Å². The molecule has 0 bridgehead atoms. The first-order valence-electron chi connectivity index (χ1n) is 4.11. The number of halogens is 3. The van der Waals surface area contributed by atoms with Gasteiger partial charge >= 0.3 is 58.4 Å². The molecule has 0 saturated carbocycles. The zero-order valence-corrected chi connectivity index (χ0v) is 11.2. The Morgan fingerprint density at radius 2 is 2.07 bits per heavy atom. The Morgan fingerprint density at radius 1 is 1.50 bits per heavy atom. The molecule has 0 spiro atoms. The number of nitrogens with zero attached hydrogens (tertiary/aromatic N) is 1. The van der Waals surface area contributed by atoms with Crippen LogP contribution >= 0.6 is 0 Å². The quantitative estimate of drug-likeness (QED) is 0.535. The van der Waals surface area contributed by atoms with Gasteiger partial charge in [-0.15, -0.1) is 0 Å². The minimum absolute atomic E-state index is 0. The average molecular weight is 234 g/mol. The number of likely N-dealkylation sites (tertiary alicyclic amines) is 1. The summed E-state index contributed by atoms with van der Waals surface area (Å²) < 4.78 is 35.8. The first-order valence-corrected chi connectivity index (χ1v) is 4.11. The number of nitrogens with two attached hydrogens (primary N) is 1. The normalized spacial score (nSPS) is 23.2. The second-order valence-corrected chi connectivity index (χ2v) is 3.36. The zero-order chi connectivity index (χ0) is 10.1. The molecule has 1 fully saturated rings. The fourth-order valence-corrected chi connectivity index (χ4v) is 1.52. The molecule has 3 nitrogen and oxygen atoms in total. The Balaban J connectivity index is 0.00000169. The fourth-order valence-electron chi connectivity index (χ4n) is 1.52. The molecule has 14 heavy (non-hydrogen) atoms. The maximum absolute atomic E-state index is 11.9. The van der Waals surface area contributed by atoms with Crippen molar-refractivity contribution in [1.29, 1.82) is 0 Å². The molecule has 0 aromatic heterocycles. The minimum atomic E-state index is -4.78. The van der Waals surface area contributed by atoms with Gasteiger partial charge in [0.05, 0.1) is 5.92 Å². The van der Waals surface area contributed by atoms with Crippen molar-refractivity contribution >= 4 is 12.9 Å². The van der Waals surface area contributed by atoms with Crippen LogP contribution in [0.3, 0.4) is 0 Å². The maximum atomic E-state index is 11.9. The van der Waals surface area contributed by atoms with Crippen molar-refractivity contribution in [3.05, 3.63) is 0 Å². The van der Waals surface area contributed by atoms with E-state index in [1.807, 2.05) is 0 Å². The topological polar surface area (TPSA) is 46.3 Å². The third kappa shape index (κ3) is 5.13. The summed E-state index contributed by atoms with van der Waals surface area (Å²) in [5.74, 6) is -0.907. The third-order valence-electron chi connectivity index (χ3n) is 2.14. The van der Waals surface area contributed by atoms with Crippen molar-refractivity contribution in [2.24, 2.45) is 11.7 Å². The van der Waals surface area contributed by atoms with Crippen LogP contribution < -0.4 is 57.1 Å². The number of hydrogen-bond acceptors (Lipinski definition) is 2. The molecule has 8 heteroatoms. The van der Waals surface area contributed by atoms with Crippen molar-refractivity contribution < 1.29 is 69.1 Å². The Hall–Kier alpha value is 0.921. The molecule has 0 aromatic rings. The number of hydrogen-bond donors (Lipinski definition) is 1. The molecular weight excluding hydrogens is 223 g/mol. The Morgan fingerprint density at radius 3 is 2.43 bits per heavy atom. The van der Waals surface area contributed by atoms with Gasteiger partial charge in [0.2, 0.25) is 5.91 Å². The van der Waals surface area contributed by atoms with E-state index < -0.39 is 25.2 Å². The van der Waals surface area contributed by atoms with Crippen molar-refractivity contribution in [1.82, 2.24) is 4.90 Å². The van der Waals surface area contributed by atoms with Gasteiger partial charge in [-0.25, -0.2) is 0 Å². The standard InChI is InChI=1S/C6H11BF3N2O.K/c8-7(9,10)4-12-2-1-5(3-12)6(11)13;/h5H,1-4H2,(H2,11,13);/q-1;+1. The summed E-state index contributed by atoms with van der Waals surface area (Å²) in [7, 11) is 0. The minimum Gasteiger partial charge on any atom is -0.448 e. The number of rotatable bonds is 3. The Labute approximate surface area is 123 Å². The van der Waals surface area contributed by atoms with E-state index in [9.17, 15) is 17.7 Å². The maximum Gasteiger partial charge on any atom is 1.00 e. The third-order valence-corrected chi connectivity index (χ3v) is 2.14. The van der Waals surface area contributed by atoms with Gasteiger partial charge in [-0.2, -0.15) is 0 Å². The van der Waals surface area contributed by atoms with Gasteiger partial charge in [-0.3, -0.25) is 4.79 Å². The molecule has 1 rings (SSSR count). The summed E-state index contributed by atoms with van der Waals surface area (Å²) in [6.07, 6.45) is -0.439. The molecule has 2 N–H and O–H groups in total. The second-order valence-electron chi connectivity index (χ2n) is 3.36. The second kappa shape index (κ2) is 5.86. The number of carbonyl (C=O) groups excluding carboxylic acids is 1. The van der Waals surface area contributed by atoms with Crippen LogP contribution in [0, 0.1) is 5.92 Å². The van der Waals surface area contributed by atoms with Crippen LogP contribution in [0.2, 0.25) is 0 Å². The summed E-state index contributed by atoms with van der Waals surface area (Å²) in [4.78, 5) is 11.9. The molecule has 0 radical (unpaired) electrons. The van der Waals surface area contributed by atoms with Crippen LogP contribution in [0.25, 0.3) is 0 Å². The summed E-state index contributed by atoms with van der Waals surface area (Å²) >= 11 is 0. The first-order chi connectivity index (χ1) is 5.88. The molecule has 0 aromatic carbocycles. The van der Waals surface area contributed by atoms with Gasteiger partial charge in [-0.05, 0) is 19.4 Å². The smallest absolute Gasteiger partial charge is 0.448 e. The van der Waals surface area contributed by atoms with Gasteiger partial charge in [0.25, 0.3) is 0 Å². The monoisotopic (exact) mass is 234 g/mol. The van der Waals surface area contributed by atoms with E-state index in [1.165, 1.54) is 4.90 Å². The van der Waals surface area contributed by atoms with E-state index in [4.69, 9.17) is 5.73 Å². The summed E-state index contributed by atoms with van der Waals surface area (Å²) in [6.45, 7) is -4.32. The Kier molecular flexibility index (Phi) is 6.24. The van der Waals surface area contributed by atoms with Gasteiger partial charge in [0.1, 0.15) is 0 Å². The van der Waals surface area contributed by atoms with Crippen LogP contribution in [-0.2, 0) is 4.79 Å². The molecule has 1 aliphatic rings. The zero-order valence-electron chi connectivity index (χ0n) is 8.05. The van der Waals surface area contributed by atoms with E-state index in [0.717, 1.165) is 0 Å². The molecule has 1 amide bonds. The SMILES string of the molecule is NC(=O)C1CCN(C[B-](F)(F)F)C1.[K+]. The molecule has 1 heterocycles. The molecule has 1 unspecified atom stereocenters. The van der Waals surface area contributed by atoms with Gasteiger partial charge in [0, 0.05) is 6.54 Å². The van der Waals surface area contributed by atoms with Crippen LogP contribution in [0.1, 0.15) is 6.42 Å². The molecule has 1 aliphatic heterocycles. The van der Waals surface area contributed by atoms with E-state index in [1.54, 1.807) is 0 Å². The van der Waals surface area contributed by atoms with Crippen LogP contribution in [0.4, 0.5) is 12.9 Å². The Bertz CT molecular complexity index is 214. The largest absolute Gasteiger partial charge is 1.00 e. The van der Waals surface area contributed by atoms with Crippen molar-refractivity contribution in [2.45, 2.75) is 6.42 Å². The van der Waals surface area contributed by atoms with Gasteiger partial charge in [-0.1, -0.05) is 0 Å². The van der Waals surface area contributed by atoms with Crippen LogP contribution in [0.15, 0.2) is 0 Å². The summed E-state index contributed by atoms with van der Waals surface area (Å²) in [5, 5.41) is 0. The number of carbonyl (C=O) groups is 1.